The molecule has 0 aliphatic heterocycles. The zero-order valence-corrected chi connectivity index (χ0v) is 6.51. The van der Waals surface area contributed by atoms with E-state index in [1.807, 2.05) is 0 Å². The van der Waals surface area contributed by atoms with Gasteiger partial charge in [-0.3, -0.25) is 4.79 Å². The minimum absolute atomic E-state index is 0.00357. The molecule has 0 aliphatic carbocycles. The van der Waals surface area contributed by atoms with Crippen LogP contribution in [0.1, 0.15) is 13.8 Å². The summed E-state index contributed by atoms with van der Waals surface area (Å²) in [6.45, 7) is 3.32. The smallest absolute Gasteiger partial charge is 0.167 e. The van der Waals surface area contributed by atoms with Crippen LogP contribution < -0.4 is 0 Å². The van der Waals surface area contributed by atoms with Crippen molar-refractivity contribution in [3.8, 4) is 0 Å². The molecule has 0 bridgehead atoms. The van der Waals surface area contributed by atoms with Crippen LogP contribution in [0, 0.1) is 0 Å². The Hall–Kier alpha value is -0.990. The normalized spacial score (nSPS) is 10.9. The molecule has 0 saturated carbocycles. The van der Waals surface area contributed by atoms with Gasteiger partial charge in [-0.05, 0) is 13.8 Å². The van der Waals surface area contributed by atoms with E-state index < -0.39 is 0 Å². The molecule has 0 heterocycles. The number of hydrogen-bond donors (Lipinski definition) is 0. The third kappa shape index (κ3) is 5.15. The van der Waals surface area contributed by atoms with Crippen molar-refractivity contribution in [3.05, 3.63) is 12.0 Å². The molecule has 0 radical (unpaired) electrons. The number of rotatable bonds is 4. The highest BCUT2D eigenvalue weighted by molar-refractivity contribution is 5.76. The van der Waals surface area contributed by atoms with Gasteiger partial charge in [-0.2, -0.15) is 0 Å². The van der Waals surface area contributed by atoms with Gasteiger partial charge in [-0.15, -0.1) is 0 Å². The standard InChI is InChI=1S/C7H12O3/c1-6(8)4-10-7(2)5-9-3/h5H,4H2,1-3H3. The Bertz CT molecular complexity index is 138. The van der Waals surface area contributed by atoms with Gasteiger partial charge < -0.3 is 9.47 Å². The van der Waals surface area contributed by atoms with Crippen LogP contribution in [-0.2, 0) is 14.3 Å². The van der Waals surface area contributed by atoms with Gasteiger partial charge >= 0.3 is 0 Å². The third-order valence-corrected chi connectivity index (χ3v) is 0.787. The fourth-order valence-electron chi connectivity index (χ4n) is 0.415. The molecule has 3 heteroatoms. The summed E-state index contributed by atoms with van der Waals surface area (Å²) in [5.41, 5.74) is 0. The second-order valence-corrected chi connectivity index (χ2v) is 1.95. The maximum absolute atomic E-state index is 10.4. The average Bonchev–Trinajstić information content (AvgIpc) is 1.85. The average molecular weight is 144 g/mol. The van der Waals surface area contributed by atoms with Gasteiger partial charge in [0.1, 0.15) is 18.6 Å². The van der Waals surface area contributed by atoms with E-state index in [0.717, 1.165) is 0 Å². The summed E-state index contributed by atoms with van der Waals surface area (Å²) in [5, 5.41) is 0. The zero-order valence-electron chi connectivity index (χ0n) is 6.51. The number of carbonyl (C=O) groups is 1. The van der Waals surface area contributed by atoms with Crippen LogP contribution in [0.4, 0.5) is 0 Å². The topological polar surface area (TPSA) is 35.5 Å². The fourth-order valence-corrected chi connectivity index (χ4v) is 0.415. The first-order valence-corrected chi connectivity index (χ1v) is 2.98. The molecule has 0 unspecified atom stereocenters. The number of carbonyl (C=O) groups excluding carboxylic acids is 1. The lowest BCUT2D eigenvalue weighted by molar-refractivity contribution is -0.120. The Morgan fingerprint density at radius 2 is 2.10 bits per heavy atom. The summed E-state index contributed by atoms with van der Waals surface area (Å²) in [6, 6.07) is 0. The second kappa shape index (κ2) is 4.85. The Balaban J connectivity index is 3.48. The van der Waals surface area contributed by atoms with E-state index in [-0.39, 0.29) is 12.4 Å². The number of methoxy groups -OCH3 is 1. The van der Waals surface area contributed by atoms with Crippen LogP contribution in [0.5, 0.6) is 0 Å². The summed E-state index contributed by atoms with van der Waals surface area (Å²) in [4.78, 5) is 10.4. The van der Waals surface area contributed by atoms with E-state index in [0.29, 0.717) is 5.76 Å². The van der Waals surface area contributed by atoms with E-state index in [1.165, 1.54) is 20.3 Å². The molecule has 0 aliphatic rings. The number of Topliss-reactive ketones (excluding diaryl/α,β-unsaturated/α-hetero) is 1. The molecular weight excluding hydrogens is 132 g/mol. The molecule has 0 N–H and O–H groups in total. The lowest BCUT2D eigenvalue weighted by Crippen LogP contribution is -2.02. The summed E-state index contributed by atoms with van der Waals surface area (Å²) in [7, 11) is 1.53. The SMILES string of the molecule is COC=C(C)OCC(C)=O. The summed E-state index contributed by atoms with van der Waals surface area (Å²) in [5.74, 6) is 0.613. The van der Waals surface area contributed by atoms with Crippen LogP contribution in [0.2, 0.25) is 0 Å². The Morgan fingerprint density at radius 3 is 2.50 bits per heavy atom. The highest BCUT2D eigenvalue weighted by Gasteiger charge is 1.93. The number of hydrogen-bond acceptors (Lipinski definition) is 3. The molecule has 0 aromatic carbocycles. The van der Waals surface area contributed by atoms with Gasteiger partial charge in [0, 0.05) is 0 Å². The molecule has 0 saturated heterocycles. The van der Waals surface area contributed by atoms with Crippen LogP contribution in [0.25, 0.3) is 0 Å². The van der Waals surface area contributed by atoms with Crippen molar-refractivity contribution < 1.29 is 14.3 Å². The van der Waals surface area contributed by atoms with Gasteiger partial charge in [-0.25, -0.2) is 0 Å². The number of ether oxygens (including phenoxy) is 2. The van der Waals surface area contributed by atoms with Gasteiger partial charge in [0.2, 0.25) is 0 Å². The van der Waals surface area contributed by atoms with Gasteiger partial charge in [0.25, 0.3) is 0 Å². The maximum Gasteiger partial charge on any atom is 0.167 e. The van der Waals surface area contributed by atoms with E-state index in [4.69, 9.17) is 4.74 Å². The third-order valence-electron chi connectivity index (χ3n) is 0.787. The Morgan fingerprint density at radius 1 is 1.50 bits per heavy atom. The number of ketones is 1. The molecule has 0 rings (SSSR count). The minimum Gasteiger partial charge on any atom is -0.501 e. The van der Waals surface area contributed by atoms with Crippen molar-refractivity contribution in [1.82, 2.24) is 0 Å². The zero-order chi connectivity index (χ0) is 7.98. The molecule has 0 amide bonds. The Kier molecular flexibility index (Phi) is 4.37. The van der Waals surface area contributed by atoms with Gasteiger partial charge in [0.05, 0.1) is 7.11 Å². The van der Waals surface area contributed by atoms with Gasteiger partial charge in [-0.1, -0.05) is 0 Å². The number of allylic oxidation sites excluding steroid dienone is 1. The molecule has 0 fully saturated rings. The summed E-state index contributed by atoms with van der Waals surface area (Å²) in [6.07, 6.45) is 1.45. The predicted octanol–water partition coefficient (Wildman–Crippen LogP) is 1.10. The minimum atomic E-state index is 0.00357. The highest BCUT2D eigenvalue weighted by atomic mass is 16.5. The van der Waals surface area contributed by atoms with E-state index >= 15 is 0 Å². The summed E-state index contributed by atoms with van der Waals surface area (Å²) >= 11 is 0. The van der Waals surface area contributed by atoms with Crippen molar-refractivity contribution >= 4 is 5.78 Å². The molecule has 3 nitrogen and oxygen atoms in total. The largest absolute Gasteiger partial charge is 0.501 e. The van der Waals surface area contributed by atoms with Crippen molar-refractivity contribution in [2.45, 2.75) is 13.8 Å². The molecule has 0 spiro atoms. The fraction of sp³-hybridized carbons (Fsp3) is 0.571. The van der Waals surface area contributed by atoms with Crippen molar-refractivity contribution in [2.75, 3.05) is 13.7 Å². The molecular formula is C7H12O3. The Labute approximate surface area is 60.6 Å². The van der Waals surface area contributed by atoms with Crippen molar-refractivity contribution in [1.29, 1.82) is 0 Å². The lowest BCUT2D eigenvalue weighted by Gasteiger charge is -2.01. The second-order valence-electron chi connectivity index (χ2n) is 1.95. The molecule has 0 aromatic heterocycles. The molecule has 0 aromatic rings. The quantitative estimate of drug-likeness (QED) is 0.554. The summed E-state index contributed by atoms with van der Waals surface area (Å²) < 4.78 is 9.57. The first kappa shape index (κ1) is 9.01. The van der Waals surface area contributed by atoms with Crippen LogP contribution in [0.3, 0.4) is 0 Å². The van der Waals surface area contributed by atoms with Gasteiger partial charge in [0.15, 0.2) is 5.78 Å². The molecule has 10 heavy (non-hydrogen) atoms. The van der Waals surface area contributed by atoms with E-state index in [1.54, 1.807) is 6.92 Å². The van der Waals surface area contributed by atoms with Crippen LogP contribution in [0.15, 0.2) is 12.0 Å². The first-order valence-electron chi connectivity index (χ1n) is 2.98. The van der Waals surface area contributed by atoms with E-state index in [9.17, 15) is 4.79 Å². The van der Waals surface area contributed by atoms with Crippen molar-refractivity contribution in [2.24, 2.45) is 0 Å². The molecule has 58 valence electrons. The van der Waals surface area contributed by atoms with Crippen molar-refractivity contribution in [3.63, 3.8) is 0 Å². The van der Waals surface area contributed by atoms with Crippen LogP contribution in [-0.4, -0.2) is 19.5 Å². The predicted molar refractivity (Wildman–Crippen MR) is 37.4 cm³/mol. The lowest BCUT2D eigenvalue weighted by atomic mass is 10.5. The van der Waals surface area contributed by atoms with Crippen LogP contribution >= 0.6 is 0 Å². The van der Waals surface area contributed by atoms with E-state index in [2.05, 4.69) is 4.74 Å². The monoisotopic (exact) mass is 144 g/mol. The highest BCUT2D eigenvalue weighted by Crippen LogP contribution is 1.94. The molecule has 0 atom stereocenters. The first-order chi connectivity index (χ1) is 4.66. The maximum atomic E-state index is 10.4.